The van der Waals surface area contributed by atoms with Crippen molar-refractivity contribution in [3.05, 3.63) is 82.6 Å². The van der Waals surface area contributed by atoms with E-state index in [0.29, 0.717) is 31.1 Å². The van der Waals surface area contributed by atoms with Crippen molar-refractivity contribution in [2.45, 2.75) is 6.10 Å². The van der Waals surface area contributed by atoms with Crippen LogP contribution in [0.4, 0.5) is 4.39 Å². The van der Waals surface area contributed by atoms with E-state index in [-0.39, 0.29) is 17.8 Å². The van der Waals surface area contributed by atoms with Gasteiger partial charge in [0.1, 0.15) is 17.6 Å². The van der Waals surface area contributed by atoms with Crippen molar-refractivity contribution >= 4 is 21.8 Å². The molecule has 1 amide bonds. The topological polar surface area (TPSA) is 47.4 Å². The van der Waals surface area contributed by atoms with Crippen molar-refractivity contribution < 1.29 is 13.9 Å². The largest absolute Gasteiger partial charge is 0.370 e. The van der Waals surface area contributed by atoms with Gasteiger partial charge in [0, 0.05) is 16.7 Å². The molecule has 0 spiro atoms. The van der Waals surface area contributed by atoms with E-state index in [1.54, 1.807) is 27.9 Å². The first-order chi connectivity index (χ1) is 13.1. The van der Waals surface area contributed by atoms with Gasteiger partial charge in [0.15, 0.2) is 0 Å². The predicted molar refractivity (Wildman–Crippen MR) is 102 cm³/mol. The third-order valence-electron chi connectivity index (χ3n) is 4.56. The Hall–Kier alpha value is -2.51. The molecular formula is C20H17BrFN3O2. The van der Waals surface area contributed by atoms with E-state index in [1.807, 2.05) is 24.3 Å². The van der Waals surface area contributed by atoms with Gasteiger partial charge in [-0.2, -0.15) is 0 Å². The Morgan fingerprint density at radius 2 is 1.89 bits per heavy atom. The number of carbonyl (C=O) groups excluding carboxylic acids is 1. The average Bonchev–Trinajstić information content (AvgIpc) is 3.18. The molecule has 27 heavy (non-hydrogen) atoms. The van der Waals surface area contributed by atoms with E-state index in [4.69, 9.17) is 4.74 Å². The third kappa shape index (κ3) is 3.79. The number of imidazole rings is 1. The van der Waals surface area contributed by atoms with Gasteiger partial charge in [-0.1, -0.05) is 28.1 Å². The number of carbonyl (C=O) groups is 1. The summed E-state index contributed by atoms with van der Waals surface area (Å²) in [6.07, 6.45) is 2.93. The molecule has 7 heteroatoms. The molecule has 4 rings (SSSR count). The SMILES string of the molecule is O=C(c1cncn1-c1ccc(F)cc1)N1CCOC(c2ccc(Br)cc2)C1. The summed E-state index contributed by atoms with van der Waals surface area (Å²) >= 11 is 3.43. The van der Waals surface area contributed by atoms with Gasteiger partial charge in [-0.25, -0.2) is 9.37 Å². The minimum Gasteiger partial charge on any atom is -0.370 e. The average molecular weight is 430 g/mol. The van der Waals surface area contributed by atoms with Crippen LogP contribution in [0.5, 0.6) is 0 Å². The fourth-order valence-electron chi connectivity index (χ4n) is 3.14. The molecule has 2 heterocycles. The zero-order valence-electron chi connectivity index (χ0n) is 14.4. The smallest absolute Gasteiger partial charge is 0.272 e. The Bertz CT molecular complexity index is 941. The van der Waals surface area contributed by atoms with Crippen molar-refractivity contribution in [3.63, 3.8) is 0 Å². The molecule has 2 aromatic carbocycles. The highest BCUT2D eigenvalue weighted by atomic mass is 79.9. The maximum atomic E-state index is 13.2. The van der Waals surface area contributed by atoms with Crippen LogP contribution >= 0.6 is 15.9 Å². The summed E-state index contributed by atoms with van der Waals surface area (Å²) in [5.74, 6) is -0.445. The number of benzene rings is 2. The molecule has 1 fully saturated rings. The molecule has 0 radical (unpaired) electrons. The summed E-state index contributed by atoms with van der Waals surface area (Å²) in [7, 11) is 0. The molecule has 0 saturated carbocycles. The minimum atomic E-state index is -0.322. The summed E-state index contributed by atoms with van der Waals surface area (Å²) in [5.41, 5.74) is 2.16. The van der Waals surface area contributed by atoms with Gasteiger partial charge in [-0.05, 0) is 42.0 Å². The predicted octanol–water partition coefficient (Wildman–Crippen LogP) is 3.99. The molecule has 5 nitrogen and oxygen atoms in total. The van der Waals surface area contributed by atoms with Crippen LogP contribution in [0.2, 0.25) is 0 Å². The minimum absolute atomic E-state index is 0.123. The number of hydrogen-bond donors (Lipinski definition) is 0. The van der Waals surface area contributed by atoms with Crippen molar-refractivity contribution in [2.75, 3.05) is 19.7 Å². The number of nitrogens with zero attached hydrogens (tertiary/aromatic N) is 3. The Kier molecular flexibility index (Phi) is 5.05. The molecule has 0 bridgehead atoms. The third-order valence-corrected chi connectivity index (χ3v) is 5.09. The lowest BCUT2D eigenvalue weighted by Crippen LogP contribution is -2.42. The second-order valence-electron chi connectivity index (χ2n) is 6.29. The molecule has 1 atom stereocenters. The normalized spacial score (nSPS) is 17.1. The van der Waals surface area contributed by atoms with Crippen LogP contribution in [-0.2, 0) is 4.74 Å². The highest BCUT2D eigenvalue weighted by molar-refractivity contribution is 9.10. The summed E-state index contributed by atoms with van der Waals surface area (Å²) in [6.45, 7) is 1.45. The number of ether oxygens (including phenoxy) is 1. The molecule has 1 unspecified atom stereocenters. The van der Waals surface area contributed by atoms with E-state index in [0.717, 1.165) is 10.0 Å². The van der Waals surface area contributed by atoms with Crippen molar-refractivity contribution in [1.29, 1.82) is 0 Å². The summed E-state index contributed by atoms with van der Waals surface area (Å²) in [6, 6.07) is 13.9. The molecule has 0 aliphatic carbocycles. The molecule has 1 saturated heterocycles. The van der Waals surface area contributed by atoms with Gasteiger partial charge >= 0.3 is 0 Å². The van der Waals surface area contributed by atoms with Crippen LogP contribution < -0.4 is 0 Å². The quantitative estimate of drug-likeness (QED) is 0.632. The lowest BCUT2D eigenvalue weighted by molar-refractivity contribution is -0.0230. The Labute approximate surface area is 164 Å². The van der Waals surface area contributed by atoms with E-state index in [9.17, 15) is 9.18 Å². The molecule has 1 aliphatic rings. The molecule has 0 N–H and O–H groups in total. The highest BCUT2D eigenvalue weighted by Gasteiger charge is 2.28. The zero-order valence-corrected chi connectivity index (χ0v) is 16.0. The highest BCUT2D eigenvalue weighted by Crippen LogP contribution is 2.25. The van der Waals surface area contributed by atoms with Crippen LogP contribution in [0, 0.1) is 5.82 Å². The number of halogens is 2. The molecule has 138 valence electrons. The fraction of sp³-hybridized carbons (Fsp3) is 0.200. The van der Waals surface area contributed by atoms with Crippen LogP contribution in [-0.4, -0.2) is 40.1 Å². The van der Waals surface area contributed by atoms with Gasteiger partial charge in [0.2, 0.25) is 0 Å². The van der Waals surface area contributed by atoms with E-state index in [1.165, 1.54) is 18.3 Å². The molecular weight excluding hydrogens is 413 g/mol. The van der Waals surface area contributed by atoms with Gasteiger partial charge in [-0.15, -0.1) is 0 Å². The number of aromatic nitrogens is 2. The second kappa shape index (κ2) is 7.62. The maximum absolute atomic E-state index is 13.2. The number of morpholine rings is 1. The molecule has 3 aromatic rings. The zero-order chi connectivity index (χ0) is 18.8. The molecule has 1 aliphatic heterocycles. The summed E-state index contributed by atoms with van der Waals surface area (Å²) in [5, 5.41) is 0. The van der Waals surface area contributed by atoms with E-state index in [2.05, 4.69) is 20.9 Å². The van der Waals surface area contributed by atoms with Crippen molar-refractivity contribution in [3.8, 4) is 5.69 Å². The van der Waals surface area contributed by atoms with Gasteiger partial charge < -0.3 is 9.64 Å². The monoisotopic (exact) mass is 429 g/mol. The van der Waals surface area contributed by atoms with Crippen molar-refractivity contribution in [2.24, 2.45) is 0 Å². The van der Waals surface area contributed by atoms with Gasteiger partial charge in [0.25, 0.3) is 5.91 Å². The first kappa shape index (κ1) is 17.9. The first-order valence-electron chi connectivity index (χ1n) is 8.56. The molecule has 1 aromatic heterocycles. The van der Waals surface area contributed by atoms with Crippen LogP contribution in [0.15, 0.2) is 65.5 Å². The summed E-state index contributed by atoms with van der Waals surface area (Å²) in [4.78, 5) is 19.0. The Morgan fingerprint density at radius 1 is 1.15 bits per heavy atom. The first-order valence-corrected chi connectivity index (χ1v) is 9.36. The van der Waals surface area contributed by atoms with E-state index < -0.39 is 0 Å². The number of amides is 1. The lowest BCUT2D eigenvalue weighted by Gasteiger charge is -2.33. The fourth-order valence-corrected chi connectivity index (χ4v) is 3.40. The van der Waals surface area contributed by atoms with Gasteiger partial charge in [0.05, 0.1) is 25.7 Å². The number of hydrogen-bond acceptors (Lipinski definition) is 3. The van der Waals surface area contributed by atoms with Gasteiger partial charge in [-0.3, -0.25) is 9.36 Å². The van der Waals surface area contributed by atoms with Crippen LogP contribution in [0.1, 0.15) is 22.2 Å². The van der Waals surface area contributed by atoms with E-state index >= 15 is 0 Å². The lowest BCUT2D eigenvalue weighted by atomic mass is 10.1. The maximum Gasteiger partial charge on any atom is 0.272 e. The summed E-state index contributed by atoms with van der Waals surface area (Å²) < 4.78 is 21.7. The Morgan fingerprint density at radius 3 is 2.63 bits per heavy atom. The number of rotatable bonds is 3. The van der Waals surface area contributed by atoms with Crippen molar-refractivity contribution in [1.82, 2.24) is 14.5 Å². The van der Waals surface area contributed by atoms with Crippen LogP contribution in [0.3, 0.4) is 0 Å². The second-order valence-corrected chi connectivity index (χ2v) is 7.20. The van der Waals surface area contributed by atoms with Crippen LogP contribution in [0.25, 0.3) is 5.69 Å². The standard InChI is InChI=1S/C20H17BrFN3O2/c21-15-3-1-14(2-4-15)19-12-24(9-10-27-19)20(26)18-11-23-13-25(18)17-7-5-16(22)6-8-17/h1-8,11,13,19H,9-10,12H2. The Balaban J connectivity index is 1.55.